The van der Waals surface area contributed by atoms with Crippen LogP contribution in [0.4, 0.5) is 0 Å². The maximum absolute atomic E-state index is 12.6. The maximum Gasteiger partial charge on any atom is 0.233 e. The van der Waals surface area contributed by atoms with Crippen molar-refractivity contribution in [1.29, 1.82) is 5.26 Å². The molecule has 0 spiro atoms. The Morgan fingerprint density at radius 1 is 1.17 bits per heavy atom. The van der Waals surface area contributed by atoms with Gasteiger partial charge in [0.1, 0.15) is 11.1 Å². The molecule has 6 nitrogen and oxygen atoms in total. The van der Waals surface area contributed by atoms with E-state index in [0.717, 1.165) is 63.5 Å². The first-order valence-electron chi connectivity index (χ1n) is 10.4. The van der Waals surface area contributed by atoms with E-state index in [1.54, 1.807) is 0 Å². The molecule has 4 rings (SSSR count). The topological polar surface area (TPSA) is 63.5 Å². The molecule has 2 aromatic rings. The number of hydrogen-bond donors (Lipinski definition) is 0. The molecule has 0 unspecified atom stereocenters. The van der Waals surface area contributed by atoms with Crippen LogP contribution in [0.25, 0.3) is 0 Å². The van der Waals surface area contributed by atoms with Crippen molar-refractivity contribution >= 4 is 17.7 Å². The van der Waals surface area contributed by atoms with E-state index >= 15 is 0 Å². The van der Waals surface area contributed by atoms with E-state index < -0.39 is 0 Å². The molecule has 0 N–H and O–H groups in total. The Balaban J connectivity index is 1.40. The van der Waals surface area contributed by atoms with Gasteiger partial charge >= 0.3 is 0 Å². The molecule has 0 atom stereocenters. The Morgan fingerprint density at radius 3 is 2.67 bits per heavy atom. The molecule has 2 aliphatic heterocycles. The fourth-order valence-corrected chi connectivity index (χ4v) is 4.83. The Labute approximate surface area is 182 Å². The van der Waals surface area contributed by atoms with Gasteiger partial charge in [-0.1, -0.05) is 42.1 Å². The first-order valence-corrected chi connectivity index (χ1v) is 11.4. The molecule has 1 aromatic heterocycles. The minimum Gasteiger partial charge on any atom is -0.339 e. The number of nitrogens with zero attached hydrogens (tertiary/aromatic N) is 5. The van der Waals surface area contributed by atoms with Gasteiger partial charge in [-0.2, -0.15) is 5.26 Å². The fourth-order valence-electron chi connectivity index (χ4n) is 3.96. The second-order valence-electron chi connectivity index (χ2n) is 7.98. The van der Waals surface area contributed by atoms with Crippen LogP contribution >= 0.6 is 11.8 Å². The number of amides is 1. The SMILES string of the molecule is CN1CCN(C(=O)CSc2nc3c(cc2C#N)CN(Cc2ccccc2)CC3)CC1. The summed E-state index contributed by atoms with van der Waals surface area (Å²) >= 11 is 1.40. The third kappa shape index (κ3) is 5.01. The van der Waals surface area contributed by atoms with Crippen molar-refractivity contribution in [2.45, 2.75) is 24.5 Å². The van der Waals surface area contributed by atoms with Gasteiger partial charge in [0, 0.05) is 57.9 Å². The molecular formula is C23H27N5OS. The van der Waals surface area contributed by atoms with E-state index in [1.807, 2.05) is 17.0 Å². The van der Waals surface area contributed by atoms with Crippen LogP contribution in [0.5, 0.6) is 0 Å². The number of fused-ring (bicyclic) bond motifs is 1. The van der Waals surface area contributed by atoms with Crippen molar-refractivity contribution in [1.82, 2.24) is 19.7 Å². The van der Waals surface area contributed by atoms with Gasteiger partial charge in [-0.25, -0.2) is 4.98 Å². The molecule has 0 bridgehead atoms. The second-order valence-corrected chi connectivity index (χ2v) is 8.94. The lowest BCUT2D eigenvalue weighted by atomic mass is 10.0. The summed E-state index contributed by atoms with van der Waals surface area (Å²) in [5.41, 5.74) is 4.06. The molecule has 1 amide bonds. The Morgan fingerprint density at radius 2 is 1.93 bits per heavy atom. The molecule has 3 heterocycles. The number of carbonyl (C=O) groups excluding carboxylic acids is 1. The highest BCUT2D eigenvalue weighted by atomic mass is 32.2. The molecule has 7 heteroatoms. The van der Waals surface area contributed by atoms with Gasteiger partial charge in [0.05, 0.1) is 11.3 Å². The number of piperazine rings is 1. The highest BCUT2D eigenvalue weighted by molar-refractivity contribution is 8.00. The molecule has 2 aliphatic rings. The predicted molar refractivity (Wildman–Crippen MR) is 118 cm³/mol. The van der Waals surface area contributed by atoms with E-state index in [2.05, 4.69) is 47.2 Å². The maximum atomic E-state index is 12.6. The first kappa shape index (κ1) is 20.9. The number of rotatable bonds is 5. The van der Waals surface area contributed by atoms with Crippen molar-refractivity contribution in [2.24, 2.45) is 0 Å². The van der Waals surface area contributed by atoms with E-state index in [0.29, 0.717) is 16.3 Å². The third-order valence-electron chi connectivity index (χ3n) is 5.77. The molecule has 1 fully saturated rings. The Hall–Kier alpha value is -2.40. The molecule has 1 saturated heterocycles. The van der Waals surface area contributed by atoms with Crippen molar-refractivity contribution in [3.8, 4) is 6.07 Å². The average molecular weight is 422 g/mol. The summed E-state index contributed by atoms with van der Waals surface area (Å²) in [6.07, 6.45) is 0.869. The zero-order valence-corrected chi connectivity index (χ0v) is 18.2. The van der Waals surface area contributed by atoms with Gasteiger partial charge in [0.2, 0.25) is 5.91 Å². The van der Waals surface area contributed by atoms with Crippen molar-refractivity contribution in [2.75, 3.05) is 45.5 Å². The number of thioether (sulfide) groups is 1. The lowest BCUT2D eigenvalue weighted by Gasteiger charge is -2.32. The van der Waals surface area contributed by atoms with E-state index in [4.69, 9.17) is 4.98 Å². The van der Waals surface area contributed by atoms with Crippen LogP contribution in [0.3, 0.4) is 0 Å². The van der Waals surface area contributed by atoms with E-state index in [1.165, 1.54) is 17.3 Å². The second kappa shape index (κ2) is 9.61. The van der Waals surface area contributed by atoms with Gasteiger partial charge in [-0.3, -0.25) is 9.69 Å². The summed E-state index contributed by atoms with van der Waals surface area (Å²) in [6, 6.07) is 14.7. The van der Waals surface area contributed by atoms with Gasteiger partial charge in [0.25, 0.3) is 0 Å². The van der Waals surface area contributed by atoms with Gasteiger partial charge in [0.15, 0.2) is 0 Å². The van der Waals surface area contributed by atoms with Gasteiger partial charge < -0.3 is 9.80 Å². The lowest BCUT2D eigenvalue weighted by molar-refractivity contribution is -0.129. The summed E-state index contributed by atoms with van der Waals surface area (Å²) in [5.74, 6) is 0.468. The summed E-state index contributed by atoms with van der Waals surface area (Å²) in [6.45, 7) is 6.03. The van der Waals surface area contributed by atoms with Gasteiger partial charge in [-0.05, 0) is 24.2 Å². The summed E-state index contributed by atoms with van der Waals surface area (Å²) in [7, 11) is 2.08. The zero-order valence-electron chi connectivity index (χ0n) is 17.4. The number of likely N-dealkylation sites (N-methyl/N-ethyl adjacent to an activating group) is 1. The number of nitriles is 1. The lowest BCUT2D eigenvalue weighted by Crippen LogP contribution is -2.47. The number of hydrogen-bond acceptors (Lipinski definition) is 6. The highest BCUT2D eigenvalue weighted by Gasteiger charge is 2.22. The number of benzene rings is 1. The minimum atomic E-state index is 0.130. The predicted octanol–water partition coefficient (Wildman–Crippen LogP) is 2.38. The van der Waals surface area contributed by atoms with Crippen molar-refractivity contribution in [3.63, 3.8) is 0 Å². The van der Waals surface area contributed by atoms with Crippen LogP contribution in [0.1, 0.15) is 22.4 Å². The standard InChI is InChI=1S/C23H27N5OS/c1-26-9-11-28(12-10-26)22(29)17-30-23-19(14-24)13-20-16-27(8-7-21(20)25-23)15-18-5-3-2-4-6-18/h2-6,13H,7-12,15-17H2,1H3. The van der Waals surface area contributed by atoms with Crippen LogP contribution in [0, 0.1) is 11.3 Å². The molecule has 1 aromatic carbocycles. The van der Waals surface area contributed by atoms with Gasteiger partial charge in [-0.15, -0.1) is 0 Å². The quantitative estimate of drug-likeness (QED) is 0.691. The fraction of sp³-hybridized carbons (Fsp3) is 0.435. The molecule has 30 heavy (non-hydrogen) atoms. The largest absolute Gasteiger partial charge is 0.339 e. The Kier molecular flexibility index (Phi) is 6.68. The number of aromatic nitrogens is 1. The molecular weight excluding hydrogens is 394 g/mol. The normalized spacial score (nSPS) is 17.4. The van der Waals surface area contributed by atoms with Crippen molar-refractivity contribution < 1.29 is 4.79 Å². The Bertz CT molecular complexity index is 935. The minimum absolute atomic E-state index is 0.130. The zero-order chi connectivity index (χ0) is 20.9. The van der Waals surface area contributed by atoms with Crippen LogP contribution in [-0.2, 0) is 24.3 Å². The molecule has 0 saturated carbocycles. The highest BCUT2D eigenvalue weighted by Crippen LogP contribution is 2.27. The molecule has 0 aliphatic carbocycles. The molecule has 0 radical (unpaired) electrons. The molecule has 156 valence electrons. The first-order chi connectivity index (χ1) is 14.6. The van der Waals surface area contributed by atoms with Crippen molar-refractivity contribution in [3.05, 3.63) is 58.8 Å². The summed E-state index contributed by atoms with van der Waals surface area (Å²) in [5, 5.41) is 10.3. The monoisotopic (exact) mass is 421 g/mol. The average Bonchev–Trinajstić information content (AvgIpc) is 2.78. The van der Waals surface area contributed by atoms with Crippen LogP contribution < -0.4 is 0 Å². The summed E-state index contributed by atoms with van der Waals surface area (Å²) in [4.78, 5) is 23.9. The van der Waals surface area contributed by atoms with E-state index in [9.17, 15) is 10.1 Å². The number of pyridine rings is 1. The third-order valence-corrected chi connectivity index (χ3v) is 6.75. The van der Waals surface area contributed by atoms with Crippen LogP contribution in [0.2, 0.25) is 0 Å². The summed E-state index contributed by atoms with van der Waals surface area (Å²) < 4.78 is 0. The smallest absolute Gasteiger partial charge is 0.233 e. The van der Waals surface area contributed by atoms with E-state index in [-0.39, 0.29) is 5.91 Å². The number of carbonyl (C=O) groups is 1. The van der Waals surface area contributed by atoms with Crippen LogP contribution in [-0.4, -0.2) is 71.1 Å². The van der Waals surface area contributed by atoms with Crippen LogP contribution in [0.15, 0.2) is 41.4 Å².